The number of nitrogens with one attached hydrogen (secondary N) is 2. The molecule has 5 heteroatoms. The molecule has 5 nitrogen and oxygen atoms in total. The van der Waals surface area contributed by atoms with E-state index >= 15 is 0 Å². The molecule has 0 radical (unpaired) electrons. The molecule has 1 heterocycles. The van der Waals surface area contributed by atoms with Gasteiger partial charge in [0, 0.05) is 6.61 Å². The predicted octanol–water partition coefficient (Wildman–Crippen LogP) is -1.03. The molecule has 0 aromatic carbocycles. The van der Waals surface area contributed by atoms with E-state index in [0.717, 1.165) is 0 Å². The summed E-state index contributed by atoms with van der Waals surface area (Å²) in [7, 11) is 0. The van der Waals surface area contributed by atoms with E-state index in [0.29, 0.717) is 12.8 Å². The summed E-state index contributed by atoms with van der Waals surface area (Å²) in [5.41, 5.74) is 0. The number of hydrogen-bond acceptors (Lipinski definition) is 3. The Hall–Kier alpha value is -1.10. The second-order valence-corrected chi connectivity index (χ2v) is 2.38. The van der Waals surface area contributed by atoms with Gasteiger partial charge in [-0.2, -0.15) is 0 Å². The topological polar surface area (TPSA) is 78.4 Å². The molecule has 1 rings (SSSR count). The summed E-state index contributed by atoms with van der Waals surface area (Å²) in [6.07, 6.45) is 1.02. The van der Waals surface area contributed by atoms with Gasteiger partial charge in [-0.3, -0.25) is 10.1 Å². The van der Waals surface area contributed by atoms with Crippen LogP contribution in [0.4, 0.5) is 4.79 Å². The standard InChI is InChI=1S/C6H10N2O3/c9-3-1-2-4-5(10)8-6(11)7-4/h4,9H,1-3H2,(H2,7,8,10,11). The number of imide groups is 1. The van der Waals surface area contributed by atoms with Crippen LogP contribution in [0.5, 0.6) is 0 Å². The van der Waals surface area contributed by atoms with E-state index in [-0.39, 0.29) is 12.5 Å². The van der Waals surface area contributed by atoms with Gasteiger partial charge in [0.1, 0.15) is 6.04 Å². The minimum absolute atomic E-state index is 0.0413. The average Bonchev–Trinajstić information content (AvgIpc) is 2.26. The van der Waals surface area contributed by atoms with Gasteiger partial charge in [0.15, 0.2) is 0 Å². The van der Waals surface area contributed by atoms with Crippen molar-refractivity contribution in [3.63, 3.8) is 0 Å². The zero-order valence-corrected chi connectivity index (χ0v) is 5.96. The molecule has 3 amide bonds. The summed E-state index contributed by atoms with van der Waals surface area (Å²) in [6, 6.07) is -0.896. The first-order valence-corrected chi connectivity index (χ1v) is 3.46. The van der Waals surface area contributed by atoms with E-state index < -0.39 is 12.1 Å². The van der Waals surface area contributed by atoms with Crippen molar-refractivity contribution in [3.05, 3.63) is 0 Å². The van der Waals surface area contributed by atoms with Crippen LogP contribution in [0.25, 0.3) is 0 Å². The molecule has 62 valence electrons. The van der Waals surface area contributed by atoms with Crippen LogP contribution >= 0.6 is 0 Å². The lowest BCUT2D eigenvalue weighted by molar-refractivity contribution is -0.120. The Balaban J connectivity index is 2.34. The van der Waals surface area contributed by atoms with Crippen molar-refractivity contribution in [2.75, 3.05) is 6.61 Å². The average molecular weight is 158 g/mol. The molecule has 1 atom stereocenters. The summed E-state index contributed by atoms with van der Waals surface area (Å²) < 4.78 is 0. The Morgan fingerprint density at radius 2 is 2.18 bits per heavy atom. The first-order valence-electron chi connectivity index (χ1n) is 3.46. The van der Waals surface area contributed by atoms with Crippen LogP contribution in [-0.2, 0) is 4.79 Å². The van der Waals surface area contributed by atoms with Crippen LogP contribution in [0.2, 0.25) is 0 Å². The molecule has 0 aromatic rings. The fraction of sp³-hybridized carbons (Fsp3) is 0.667. The lowest BCUT2D eigenvalue weighted by Crippen LogP contribution is -2.28. The Morgan fingerprint density at radius 3 is 2.64 bits per heavy atom. The molecule has 0 aromatic heterocycles. The van der Waals surface area contributed by atoms with Gasteiger partial charge in [-0.1, -0.05) is 0 Å². The first kappa shape index (κ1) is 8.00. The number of carbonyl (C=O) groups is 2. The van der Waals surface area contributed by atoms with Crippen molar-refractivity contribution in [2.45, 2.75) is 18.9 Å². The highest BCUT2D eigenvalue weighted by atomic mass is 16.3. The smallest absolute Gasteiger partial charge is 0.322 e. The second kappa shape index (κ2) is 3.34. The highest BCUT2D eigenvalue weighted by Gasteiger charge is 2.28. The Bertz CT molecular complexity index is 181. The van der Waals surface area contributed by atoms with Crippen LogP contribution in [0.3, 0.4) is 0 Å². The molecule has 1 aliphatic heterocycles. The molecule has 11 heavy (non-hydrogen) atoms. The van der Waals surface area contributed by atoms with Crippen molar-refractivity contribution in [2.24, 2.45) is 0 Å². The maximum absolute atomic E-state index is 10.8. The summed E-state index contributed by atoms with van der Waals surface area (Å²) in [5, 5.41) is 13.0. The third kappa shape index (κ3) is 1.91. The quantitative estimate of drug-likeness (QED) is 0.459. The summed E-state index contributed by atoms with van der Waals surface area (Å²) in [4.78, 5) is 21.3. The maximum Gasteiger partial charge on any atom is 0.322 e. The zero-order chi connectivity index (χ0) is 8.27. The van der Waals surface area contributed by atoms with Gasteiger partial charge < -0.3 is 10.4 Å². The fourth-order valence-corrected chi connectivity index (χ4v) is 0.958. The predicted molar refractivity (Wildman–Crippen MR) is 36.8 cm³/mol. The van der Waals surface area contributed by atoms with Crippen LogP contribution in [0.15, 0.2) is 0 Å². The van der Waals surface area contributed by atoms with Gasteiger partial charge in [0.25, 0.3) is 5.91 Å². The summed E-state index contributed by atoms with van der Waals surface area (Å²) >= 11 is 0. The van der Waals surface area contributed by atoms with E-state index in [1.807, 2.05) is 0 Å². The van der Waals surface area contributed by atoms with E-state index in [1.165, 1.54) is 0 Å². The molecule has 1 aliphatic rings. The molecular formula is C6H10N2O3. The molecule has 0 saturated carbocycles. The Labute approximate surface area is 63.8 Å². The third-order valence-corrected chi connectivity index (χ3v) is 1.51. The van der Waals surface area contributed by atoms with Crippen LogP contribution < -0.4 is 10.6 Å². The van der Waals surface area contributed by atoms with Crippen molar-refractivity contribution < 1.29 is 14.7 Å². The number of aliphatic hydroxyl groups excluding tert-OH is 1. The van der Waals surface area contributed by atoms with E-state index in [4.69, 9.17) is 5.11 Å². The molecule has 0 spiro atoms. The van der Waals surface area contributed by atoms with Gasteiger partial charge in [-0.15, -0.1) is 0 Å². The zero-order valence-electron chi connectivity index (χ0n) is 5.96. The second-order valence-electron chi connectivity index (χ2n) is 2.38. The number of carbonyl (C=O) groups excluding carboxylic acids is 2. The summed E-state index contributed by atoms with van der Waals surface area (Å²) in [6.45, 7) is 0.0413. The lowest BCUT2D eigenvalue weighted by Gasteiger charge is -2.03. The van der Waals surface area contributed by atoms with Crippen molar-refractivity contribution in [1.82, 2.24) is 10.6 Å². The molecule has 0 aliphatic carbocycles. The van der Waals surface area contributed by atoms with Crippen LogP contribution in [0, 0.1) is 0 Å². The van der Waals surface area contributed by atoms with Gasteiger partial charge in [0.05, 0.1) is 0 Å². The molecule has 1 fully saturated rings. The highest BCUT2D eigenvalue weighted by molar-refractivity contribution is 6.04. The van der Waals surface area contributed by atoms with Crippen molar-refractivity contribution >= 4 is 11.9 Å². The highest BCUT2D eigenvalue weighted by Crippen LogP contribution is 2.00. The molecule has 1 saturated heterocycles. The van der Waals surface area contributed by atoms with Crippen LogP contribution in [-0.4, -0.2) is 29.7 Å². The normalized spacial score (nSPS) is 23.2. The first-order chi connectivity index (χ1) is 5.24. The molecule has 1 unspecified atom stereocenters. The van der Waals surface area contributed by atoms with Gasteiger partial charge in [-0.25, -0.2) is 4.79 Å². The minimum Gasteiger partial charge on any atom is -0.396 e. The Morgan fingerprint density at radius 1 is 1.45 bits per heavy atom. The SMILES string of the molecule is O=C1NC(=O)C(CCCO)N1. The largest absolute Gasteiger partial charge is 0.396 e. The van der Waals surface area contributed by atoms with Crippen LogP contribution in [0.1, 0.15) is 12.8 Å². The van der Waals surface area contributed by atoms with Crippen molar-refractivity contribution in [3.8, 4) is 0 Å². The molecule has 0 bridgehead atoms. The molecular weight excluding hydrogens is 148 g/mol. The fourth-order valence-electron chi connectivity index (χ4n) is 0.958. The van der Waals surface area contributed by atoms with E-state index in [1.54, 1.807) is 0 Å². The van der Waals surface area contributed by atoms with Gasteiger partial charge >= 0.3 is 6.03 Å². The third-order valence-electron chi connectivity index (χ3n) is 1.51. The number of aliphatic hydroxyl groups is 1. The number of hydrogen-bond donors (Lipinski definition) is 3. The number of urea groups is 1. The van der Waals surface area contributed by atoms with Gasteiger partial charge in [-0.05, 0) is 12.8 Å². The minimum atomic E-state index is -0.449. The Kier molecular flexibility index (Phi) is 2.43. The molecule has 3 N–H and O–H groups in total. The monoisotopic (exact) mass is 158 g/mol. The number of rotatable bonds is 3. The van der Waals surface area contributed by atoms with E-state index in [2.05, 4.69) is 10.6 Å². The summed E-state index contributed by atoms with van der Waals surface area (Å²) in [5.74, 6) is -0.302. The number of amides is 3. The van der Waals surface area contributed by atoms with Gasteiger partial charge in [0.2, 0.25) is 0 Å². The maximum atomic E-state index is 10.8. The van der Waals surface area contributed by atoms with Crippen molar-refractivity contribution in [1.29, 1.82) is 0 Å². The lowest BCUT2D eigenvalue weighted by atomic mass is 10.2. The van der Waals surface area contributed by atoms with E-state index in [9.17, 15) is 9.59 Å².